The van der Waals surface area contributed by atoms with Crippen LogP contribution in [0.1, 0.15) is 46.5 Å². The predicted molar refractivity (Wildman–Crippen MR) is 64.8 cm³/mol. The van der Waals surface area contributed by atoms with Crippen molar-refractivity contribution in [3.63, 3.8) is 0 Å². The molecule has 4 nitrogen and oxygen atoms in total. The molecule has 2 N–H and O–H groups in total. The van der Waals surface area contributed by atoms with Crippen LogP contribution in [0.25, 0.3) is 0 Å². The number of unbranched alkanes of at least 4 members (excludes halogenated alkanes) is 2. The van der Waals surface area contributed by atoms with Crippen LogP contribution in [0.2, 0.25) is 0 Å². The van der Waals surface area contributed by atoms with Gasteiger partial charge in [-0.2, -0.15) is 8.42 Å². The summed E-state index contributed by atoms with van der Waals surface area (Å²) in [6.07, 6.45) is 3.99. The van der Waals surface area contributed by atoms with E-state index in [0.29, 0.717) is 13.0 Å². The van der Waals surface area contributed by atoms with E-state index in [9.17, 15) is 8.42 Å². The van der Waals surface area contributed by atoms with Crippen molar-refractivity contribution in [2.45, 2.75) is 46.5 Å². The molecule has 15 heavy (non-hydrogen) atoms. The first-order valence-electron chi connectivity index (χ1n) is 5.72. The predicted octanol–water partition coefficient (Wildman–Crippen LogP) is 2.07. The molecule has 0 heterocycles. The Morgan fingerprint density at radius 2 is 1.60 bits per heavy atom. The Balaban J connectivity index is 0. The van der Waals surface area contributed by atoms with E-state index in [1.54, 1.807) is 0 Å². The molecular weight excluding hydrogens is 214 g/mol. The van der Waals surface area contributed by atoms with Gasteiger partial charge in [-0.1, -0.05) is 33.6 Å². The van der Waals surface area contributed by atoms with Gasteiger partial charge in [-0.3, -0.25) is 4.55 Å². The Bertz CT molecular complexity index is 203. The Morgan fingerprint density at radius 3 is 2.07 bits per heavy atom. The van der Waals surface area contributed by atoms with Gasteiger partial charge in [0.05, 0.1) is 5.75 Å². The standard InChI is InChI=1S/C8H19NO3S.C2H6/c1-2-3-4-6-9-7-5-8-13(10,11)12;1-2/h9H,2-8H2,1H3,(H,10,11,12);1-2H3. The van der Waals surface area contributed by atoms with Crippen LogP contribution in [0.4, 0.5) is 0 Å². The fourth-order valence-electron chi connectivity index (χ4n) is 1.00. The zero-order valence-electron chi connectivity index (χ0n) is 10.1. The third kappa shape index (κ3) is 20.1. The van der Waals surface area contributed by atoms with E-state index in [2.05, 4.69) is 12.2 Å². The third-order valence-electron chi connectivity index (χ3n) is 1.71. The summed E-state index contributed by atoms with van der Waals surface area (Å²) in [4.78, 5) is 0. The highest BCUT2D eigenvalue weighted by atomic mass is 32.2. The topological polar surface area (TPSA) is 66.4 Å². The van der Waals surface area contributed by atoms with Crippen LogP contribution in [0.15, 0.2) is 0 Å². The highest BCUT2D eigenvalue weighted by Gasteiger charge is 2.02. The Hall–Kier alpha value is -0.130. The lowest BCUT2D eigenvalue weighted by Gasteiger charge is -2.02. The van der Waals surface area contributed by atoms with Gasteiger partial charge in [0.15, 0.2) is 0 Å². The molecule has 0 aromatic rings. The van der Waals surface area contributed by atoms with E-state index < -0.39 is 10.1 Å². The van der Waals surface area contributed by atoms with Crippen LogP contribution in [0, 0.1) is 0 Å². The van der Waals surface area contributed by atoms with E-state index in [0.717, 1.165) is 13.0 Å². The molecule has 0 saturated heterocycles. The Labute approximate surface area is 94.2 Å². The van der Waals surface area contributed by atoms with Gasteiger partial charge >= 0.3 is 0 Å². The molecule has 0 aromatic heterocycles. The molecule has 0 radical (unpaired) electrons. The van der Waals surface area contributed by atoms with E-state index >= 15 is 0 Å². The van der Waals surface area contributed by atoms with E-state index in [1.165, 1.54) is 12.8 Å². The zero-order valence-corrected chi connectivity index (χ0v) is 10.9. The van der Waals surface area contributed by atoms with Gasteiger partial charge in [0.25, 0.3) is 10.1 Å². The summed E-state index contributed by atoms with van der Waals surface area (Å²) in [6.45, 7) is 7.72. The SMILES string of the molecule is CC.CCCCCNCCCS(=O)(=O)O. The quantitative estimate of drug-likeness (QED) is 0.502. The number of rotatable bonds is 8. The first-order chi connectivity index (χ1) is 7.06. The van der Waals surface area contributed by atoms with Gasteiger partial charge < -0.3 is 5.32 Å². The van der Waals surface area contributed by atoms with Crippen LogP contribution < -0.4 is 5.32 Å². The maximum Gasteiger partial charge on any atom is 0.264 e. The first-order valence-corrected chi connectivity index (χ1v) is 7.33. The average molecular weight is 239 g/mol. The summed E-state index contributed by atoms with van der Waals surface area (Å²) in [5.74, 6) is -0.145. The molecule has 0 bridgehead atoms. The summed E-state index contributed by atoms with van der Waals surface area (Å²) in [5.41, 5.74) is 0. The molecule has 0 atom stereocenters. The van der Waals surface area contributed by atoms with Crippen molar-refractivity contribution >= 4 is 10.1 Å². The van der Waals surface area contributed by atoms with Crippen molar-refractivity contribution in [2.75, 3.05) is 18.8 Å². The molecule has 0 aromatic carbocycles. The lowest BCUT2D eigenvalue weighted by atomic mass is 10.2. The van der Waals surface area contributed by atoms with Crippen LogP contribution in [-0.2, 0) is 10.1 Å². The highest BCUT2D eigenvalue weighted by molar-refractivity contribution is 7.85. The second-order valence-electron chi connectivity index (χ2n) is 3.10. The summed E-state index contributed by atoms with van der Waals surface area (Å²) in [5, 5.41) is 3.12. The maximum atomic E-state index is 10.3. The van der Waals surface area contributed by atoms with Crippen molar-refractivity contribution in [3.05, 3.63) is 0 Å². The smallest absolute Gasteiger partial charge is 0.264 e. The van der Waals surface area contributed by atoms with Gasteiger partial charge in [-0.05, 0) is 25.9 Å². The highest BCUT2D eigenvalue weighted by Crippen LogP contribution is 1.91. The van der Waals surface area contributed by atoms with Crippen LogP contribution >= 0.6 is 0 Å². The molecule has 94 valence electrons. The summed E-state index contributed by atoms with van der Waals surface area (Å²) in [6, 6.07) is 0. The van der Waals surface area contributed by atoms with Gasteiger partial charge in [0, 0.05) is 0 Å². The fourth-order valence-corrected chi connectivity index (χ4v) is 1.51. The van der Waals surface area contributed by atoms with Gasteiger partial charge in [0.2, 0.25) is 0 Å². The van der Waals surface area contributed by atoms with Crippen LogP contribution in [0.3, 0.4) is 0 Å². The molecular formula is C10H25NO3S. The van der Waals surface area contributed by atoms with Crippen molar-refractivity contribution in [2.24, 2.45) is 0 Å². The molecule has 0 aliphatic carbocycles. The molecule has 0 amide bonds. The minimum atomic E-state index is -3.76. The first kappa shape index (κ1) is 17.3. The van der Waals surface area contributed by atoms with Crippen molar-refractivity contribution in [3.8, 4) is 0 Å². The normalized spacial score (nSPS) is 10.7. The molecule has 5 heteroatoms. The number of hydrogen-bond acceptors (Lipinski definition) is 3. The maximum absolute atomic E-state index is 10.3. The van der Waals surface area contributed by atoms with Crippen LogP contribution in [0.5, 0.6) is 0 Å². The minimum Gasteiger partial charge on any atom is -0.317 e. The monoisotopic (exact) mass is 239 g/mol. The molecule has 0 unspecified atom stereocenters. The van der Waals surface area contributed by atoms with Gasteiger partial charge in [-0.25, -0.2) is 0 Å². The molecule has 0 aliphatic heterocycles. The number of hydrogen-bond donors (Lipinski definition) is 2. The van der Waals surface area contributed by atoms with Gasteiger partial charge in [0.1, 0.15) is 0 Å². The van der Waals surface area contributed by atoms with Crippen molar-refractivity contribution in [1.82, 2.24) is 5.32 Å². The third-order valence-corrected chi connectivity index (χ3v) is 2.52. The van der Waals surface area contributed by atoms with Crippen LogP contribution in [-0.4, -0.2) is 31.8 Å². The summed E-state index contributed by atoms with van der Waals surface area (Å²) < 4.78 is 29.0. The van der Waals surface area contributed by atoms with Gasteiger partial charge in [-0.15, -0.1) is 0 Å². The second-order valence-corrected chi connectivity index (χ2v) is 4.67. The largest absolute Gasteiger partial charge is 0.317 e. The molecule has 0 spiro atoms. The molecule has 0 fully saturated rings. The average Bonchev–Trinajstić information content (AvgIpc) is 2.18. The van der Waals surface area contributed by atoms with Crippen molar-refractivity contribution in [1.29, 1.82) is 0 Å². The summed E-state index contributed by atoms with van der Waals surface area (Å²) >= 11 is 0. The second kappa shape index (κ2) is 11.9. The minimum absolute atomic E-state index is 0.145. The zero-order chi connectivity index (χ0) is 12.2. The molecule has 0 rings (SSSR count). The molecule has 0 saturated carbocycles. The van der Waals surface area contributed by atoms with E-state index in [-0.39, 0.29) is 5.75 Å². The van der Waals surface area contributed by atoms with E-state index in [4.69, 9.17) is 4.55 Å². The lowest BCUT2D eigenvalue weighted by molar-refractivity contribution is 0.479. The lowest BCUT2D eigenvalue weighted by Crippen LogP contribution is -2.19. The fraction of sp³-hybridized carbons (Fsp3) is 1.00. The molecule has 0 aliphatic rings. The van der Waals surface area contributed by atoms with Crippen molar-refractivity contribution < 1.29 is 13.0 Å². The summed E-state index contributed by atoms with van der Waals surface area (Å²) in [7, 11) is -3.76. The number of nitrogens with one attached hydrogen (secondary N) is 1. The Kier molecular flexibility index (Phi) is 13.7. The van der Waals surface area contributed by atoms with E-state index in [1.807, 2.05) is 13.8 Å². The Morgan fingerprint density at radius 1 is 1.07 bits per heavy atom.